The SMILES string of the molecule is COc1cc(CNc2nncs2)c(SC)cc1OC. The Balaban J connectivity index is 2.22. The number of ether oxygens (including phenoxy) is 2. The highest BCUT2D eigenvalue weighted by atomic mass is 32.2. The van der Waals surface area contributed by atoms with Crippen LogP contribution in [0.1, 0.15) is 5.56 Å². The van der Waals surface area contributed by atoms with Gasteiger partial charge in [-0.25, -0.2) is 0 Å². The van der Waals surface area contributed by atoms with E-state index in [1.807, 2.05) is 18.4 Å². The van der Waals surface area contributed by atoms with Crippen LogP contribution in [0.5, 0.6) is 11.5 Å². The summed E-state index contributed by atoms with van der Waals surface area (Å²) in [6.45, 7) is 0.672. The first-order valence-corrected chi connectivity index (χ1v) is 7.67. The van der Waals surface area contributed by atoms with E-state index < -0.39 is 0 Å². The van der Waals surface area contributed by atoms with E-state index in [9.17, 15) is 0 Å². The molecule has 0 spiro atoms. The van der Waals surface area contributed by atoms with Gasteiger partial charge in [0.1, 0.15) is 5.51 Å². The van der Waals surface area contributed by atoms with Crippen molar-refractivity contribution in [2.24, 2.45) is 0 Å². The topological polar surface area (TPSA) is 56.3 Å². The summed E-state index contributed by atoms with van der Waals surface area (Å²) in [6, 6.07) is 3.97. The highest BCUT2D eigenvalue weighted by molar-refractivity contribution is 7.98. The number of nitrogens with zero attached hydrogens (tertiary/aromatic N) is 2. The van der Waals surface area contributed by atoms with Gasteiger partial charge in [0.25, 0.3) is 0 Å². The van der Waals surface area contributed by atoms with Crippen LogP contribution in [-0.2, 0) is 6.54 Å². The van der Waals surface area contributed by atoms with E-state index in [0.29, 0.717) is 6.54 Å². The average Bonchev–Trinajstić information content (AvgIpc) is 2.97. The molecule has 102 valence electrons. The molecule has 0 aliphatic carbocycles. The fourth-order valence-corrected chi connectivity index (χ4v) is 2.71. The van der Waals surface area contributed by atoms with E-state index >= 15 is 0 Å². The minimum Gasteiger partial charge on any atom is -0.493 e. The van der Waals surface area contributed by atoms with Gasteiger partial charge < -0.3 is 14.8 Å². The Labute approximate surface area is 120 Å². The van der Waals surface area contributed by atoms with Gasteiger partial charge in [0.15, 0.2) is 11.5 Å². The van der Waals surface area contributed by atoms with Crippen molar-refractivity contribution in [2.75, 3.05) is 25.8 Å². The fourth-order valence-electron chi connectivity index (χ4n) is 1.65. The van der Waals surface area contributed by atoms with E-state index in [2.05, 4.69) is 15.5 Å². The maximum Gasteiger partial charge on any atom is 0.205 e. The van der Waals surface area contributed by atoms with Gasteiger partial charge in [-0.3, -0.25) is 0 Å². The Morgan fingerprint density at radius 2 is 2.00 bits per heavy atom. The summed E-state index contributed by atoms with van der Waals surface area (Å²) >= 11 is 3.15. The van der Waals surface area contributed by atoms with E-state index in [-0.39, 0.29) is 0 Å². The molecule has 0 atom stereocenters. The first-order chi connectivity index (χ1) is 9.28. The van der Waals surface area contributed by atoms with Gasteiger partial charge in [0, 0.05) is 11.4 Å². The summed E-state index contributed by atoms with van der Waals surface area (Å²) in [7, 11) is 3.28. The summed E-state index contributed by atoms with van der Waals surface area (Å²) in [5, 5.41) is 11.8. The molecule has 1 heterocycles. The van der Waals surface area contributed by atoms with Crippen LogP contribution in [0.2, 0.25) is 0 Å². The predicted octanol–water partition coefficient (Wildman–Crippen LogP) is 2.89. The van der Waals surface area contributed by atoms with Crippen molar-refractivity contribution in [3.8, 4) is 11.5 Å². The molecule has 0 aliphatic rings. The molecule has 1 N–H and O–H groups in total. The zero-order chi connectivity index (χ0) is 13.7. The molecular weight excluding hydrogens is 282 g/mol. The van der Waals surface area contributed by atoms with Gasteiger partial charge in [0.2, 0.25) is 5.13 Å². The second-order valence-electron chi connectivity index (χ2n) is 3.62. The summed E-state index contributed by atoms with van der Waals surface area (Å²) < 4.78 is 10.6. The Morgan fingerprint density at radius 1 is 1.26 bits per heavy atom. The smallest absolute Gasteiger partial charge is 0.205 e. The third-order valence-corrected chi connectivity index (χ3v) is 4.05. The highest BCUT2D eigenvalue weighted by Gasteiger charge is 2.11. The third kappa shape index (κ3) is 3.30. The molecule has 0 fully saturated rings. The molecule has 0 unspecified atom stereocenters. The third-order valence-electron chi connectivity index (χ3n) is 2.58. The summed E-state index contributed by atoms with van der Waals surface area (Å²) in [6.07, 6.45) is 2.04. The van der Waals surface area contributed by atoms with E-state index in [1.165, 1.54) is 11.3 Å². The number of hydrogen-bond acceptors (Lipinski definition) is 7. The number of anilines is 1. The van der Waals surface area contributed by atoms with Crippen molar-refractivity contribution in [1.82, 2.24) is 10.2 Å². The molecule has 7 heteroatoms. The van der Waals surface area contributed by atoms with Crippen LogP contribution >= 0.6 is 23.1 Å². The lowest BCUT2D eigenvalue weighted by molar-refractivity contribution is 0.353. The van der Waals surface area contributed by atoms with Crippen LogP contribution in [0.3, 0.4) is 0 Å². The van der Waals surface area contributed by atoms with Gasteiger partial charge in [-0.15, -0.1) is 22.0 Å². The molecule has 1 aromatic carbocycles. The average molecular weight is 297 g/mol. The molecule has 0 radical (unpaired) electrons. The van der Waals surface area contributed by atoms with Crippen LogP contribution < -0.4 is 14.8 Å². The predicted molar refractivity (Wildman–Crippen MR) is 78.6 cm³/mol. The monoisotopic (exact) mass is 297 g/mol. The van der Waals surface area contributed by atoms with Crippen molar-refractivity contribution in [2.45, 2.75) is 11.4 Å². The lowest BCUT2D eigenvalue weighted by atomic mass is 10.2. The number of methoxy groups -OCH3 is 2. The van der Waals surface area contributed by atoms with Gasteiger partial charge in [-0.1, -0.05) is 11.3 Å². The van der Waals surface area contributed by atoms with Crippen molar-refractivity contribution in [1.29, 1.82) is 0 Å². The van der Waals surface area contributed by atoms with Crippen molar-refractivity contribution in [3.63, 3.8) is 0 Å². The molecule has 2 aromatic rings. The summed E-state index contributed by atoms with van der Waals surface area (Å²) in [5.74, 6) is 1.47. The van der Waals surface area contributed by atoms with Gasteiger partial charge in [-0.05, 0) is 24.0 Å². The maximum atomic E-state index is 5.33. The first kappa shape index (κ1) is 14.0. The first-order valence-electron chi connectivity index (χ1n) is 5.57. The molecule has 0 bridgehead atoms. The Hall–Kier alpha value is -1.47. The Kier molecular flexibility index (Phi) is 4.86. The molecule has 0 saturated carbocycles. The van der Waals surface area contributed by atoms with Crippen LogP contribution in [-0.4, -0.2) is 30.7 Å². The molecular formula is C12H15N3O2S2. The lowest BCUT2D eigenvalue weighted by Gasteiger charge is -2.13. The standard InChI is InChI=1S/C12H15N3O2S2/c1-16-9-4-8(6-13-12-15-14-7-19-12)11(18-3)5-10(9)17-2/h4-5,7H,6H2,1-3H3,(H,13,15). The van der Waals surface area contributed by atoms with Crippen molar-refractivity contribution < 1.29 is 9.47 Å². The van der Waals surface area contributed by atoms with E-state index in [1.54, 1.807) is 31.5 Å². The molecule has 0 amide bonds. The zero-order valence-corrected chi connectivity index (χ0v) is 12.6. The summed E-state index contributed by atoms with van der Waals surface area (Å²) in [5.41, 5.74) is 2.84. The number of aromatic nitrogens is 2. The van der Waals surface area contributed by atoms with Gasteiger partial charge in [-0.2, -0.15) is 0 Å². The molecule has 5 nitrogen and oxygen atoms in total. The number of thioether (sulfide) groups is 1. The number of benzene rings is 1. The quantitative estimate of drug-likeness (QED) is 0.827. The fraction of sp³-hybridized carbons (Fsp3) is 0.333. The Morgan fingerprint density at radius 3 is 2.58 bits per heavy atom. The van der Waals surface area contributed by atoms with Crippen molar-refractivity contribution >= 4 is 28.2 Å². The summed E-state index contributed by atoms with van der Waals surface area (Å²) in [4.78, 5) is 1.15. The van der Waals surface area contributed by atoms with Crippen molar-refractivity contribution in [3.05, 3.63) is 23.2 Å². The van der Waals surface area contributed by atoms with E-state index in [0.717, 1.165) is 27.1 Å². The van der Waals surface area contributed by atoms with Gasteiger partial charge in [0.05, 0.1) is 14.2 Å². The van der Waals surface area contributed by atoms with Crippen LogP contribution in [0.25, 0.3) is 0 Å². The van der Waals surface area contributed by atoms with E-state index in [4.69, 9.17) is 9.47 Å². The number of nitrogens with one attached hydrogen (secondary N) is 1. The van der Waals surface area contributed by atoms with Gasteiger partial charge >= 0.3 is 0 Å². The number of rotatable bonds is 6. The van der Waals surface area contributed by atoms with Crippen LogP contribution in [0.4, 0.5) is 5.13 Å². The lowest BCUT2D eigenvalue weighted by Crippen LogP contribution is -2.02. The van der Waals surface area contributed by atoms with Crippen LogP contribution in [0.15, 0.2) is 22.5 Å². The number of hydrogen-bond donors (Lipinski definition) is 1. The normalized spacial score (nSPS) is 10.3. The second-order valence-corrected chi connectivity index (χ2v) is 5.30. The molecule has 0 aliphatic heterocycles. The molecule has 2 rings (SSSR count). The minimum atomic E-state index is 0.672. The second kappa shape index (κ2) is 6.63. The highest BCUT2D eigenvalue weighted by Crippen LogP contribution is 2.34. The zero-order valence-electron chi connectivity index (χ0n) is 11.0. The Bertz CT molecular complexity index is 532. The maximum absolute atomic E-state index is 5.33. The van der Waals surface area contributed by atoms with Crippen LogP contribution in [0, 0.1) is 0 Å². The molecule has 0 saturated heterocycles. The minimum absolute atomic E-state index is 0.672. The molecule has 19 heavy (non-hydrogen) atoms. The molecule has 1 aromatic heterocycles. The largest absolute Gasteiger partial charge is 0.493 e.